The van der Waals surface area contributed by atoms with Gasteiger partial charge in [-0.2, -0.15) is 0 Å². The third kappa shape index (κ3) is 26.8. The predicted molar refractivity (Wildman–Crippen MR) is 216 cm³/mol. The van der Waals surface area contributed by atoms with Gasteiger partial charge in [-0.05, 0) is 90.5 Å². The fraction of sp³-hybridized carbons (Fsp3) is 0.886. The minimum Gasteiger partial charge on any atom is -0.462 e. The average Bonchev–Trinajstić information content (AvgIpc) is 3.63. The molecule has 1 rings (SSSR count). The molecule has 52 heavy (non-hydrogen) atoms. The summed E-state index contributed by atoms with van der Waals surface area (Å²) in [7, 11) is 0. The van der Waals surface area contributed by atoms with E-state index < -0.39 is 6.10 Å². The van der Waals surface area contributed by atoms with Crippen LogP contribution >= 0.6 is 0 Å². The molecule has 0 bridgehead atoms. The number of unbranched alkanes of at least 4 members (excludes halogenated alkanes) is 14. The molecule has 1 N–H and O–H groups in total. The van der Waals surface area contributed by atoms with Crippen LogP contribution in [0.5, 0.6) is 0 Å². The number of hydrogen-bond acceptors (Lipinski definition) is 7. The maximum absolute atomic E-state index is 12.6. The molecule has 1 aromatic rings. The Labute approximate surface area is 320 Å². The van der Waals surface area contributed by atoms with Crippen LogP contribution in [-0.4, -0.2) is 68.9 Å². The largest absolute Gasteiger partial charge is 0.462 e. The molecule has 0 spiro atoms. The van der Waals surface area contributed by atoms with E-state index in [1.165, 1.54) is 51.4 Å². The van der Waals surface area contributed by atoms with Gasteiger partial charge in [-0.25, -0.2) is 4.98 Å². The first-order valence-corrected chi connectivity index (χ1v) is 22.1. The van der Waals surface area contributed by atoms with Gasteiger partial charge in [0, 0.05) is 44.4 Å². The highest BCUT2D eigenvalue weighted by molar-refractivity contribution is 5.69. The summed E-state index contributed by atoms with van der Waals surface area (Å²) in [4.78, 5) is 31.8. The Hall–Kier alpha value is -1.93. The number of ether oxygens (including phenoxy) is 2. The molecule has 1 heterocycles. The Bertz CT molecular complexity index is 922. The van der Waals surface area contributed by atoms with E-state index >= 15 is 0 Å². The average molecular weight is 734 g/mol. The molecule has 2 unspecified atom stereocenters. The van der Waals surface area contributed by atoms with Crippen molar-refractivity contribution in [2.24, 2.45) is 0 Å². The maximum atomic E-state index is 12.6. The summed E-state index contributed by atoms with van der Waals surface area (Å²) < 4.78 is 13.9. The number of carbonyl (C=O) groups is 2. The van der Waals surface area contributed by atoms with Gasteiger partial charge in [0.2, 0.25) is 0 Å². The first-order valence-electron chi connectivity index (χ1n) is 22.1. The maximum Gasteiger partial charge on any atom is 0.306 e. The molecule has 2 atom stereocenters. The third-order valence-electron chi connectivity index (χ3n) is 10.5. The minimum atomic E-state index is -0.391. The van der Waals surface area contributed by atoms with Gasteiger partial charge in [-0.15, -0.1) is 0 Å². The number of aliphatic hydroxyl groups is 1. The van der Waals surface area contributed by atoms with Gasteiger partial charge in [0.25, 0.3) is 0 Å². The monoisotopic (exact) mass is 734 g/mol. The number of aliphatic hydroxyl groups excluding tert-OH is 1. The molecule has 0 aliphatic rings. The van der Waals surface area contributed by atoms with Crippen molar-refractivity contribution in [3.63, 3.8) is 0 Å². The van der Waals surface area contributed by atoms with Crippen LogP contribution in [0.4, 0.5) is 0 Å². The van der Waals surface area contributed by atoms with Crippen molar-refractivity contribution in [2.45, 2.75) is 239 Å². The molecule has 0 radical (unpaired) electrons. The van der Waals surface area contributed by atoms with Crippen molar-refractivity contribution in [3.8, 4) is 0 Å². The van der Waals surface area contributed by atoms with Crippen LogP contribution in [0.3, 0.4) is 0 Å². The molecule has 8 heteroatoms. The van der Waals surface area contributed by atoms with E-state index in [1.807, 2.05) is 18.7 Å². The Morgan fingerprint density at radius 3 is 1.54 bits per heavy atom. The molecule has 8 nitrogen and oxygen atoms in total. The van der Waals surface area contributed by atoms with E-state index in [2.05, 4.69) is 49.1 Å². The number of aromatic nitrogens is 2. The van der Waals surface area contributed by atoms with Crippen LogP contribution in [0.2, 0.25) is 0 Å². The van der Waals surface area contributed by atoms with Crippen LogP contribution < -0.4 is 0 Å². The zero-order valence-electron chi connectivity index (χ0n) is 34.7. The van der Waals surface area contributed by atoms with E-state index in [9.17, 15) is 14.7 Å². The highest BCUT2D eigenvalue weighted by Crippen LogP contribution is 2.19. The molecule has 0 aliphatic carbocycles. The molecule has 0 fully saturated rings. The number of esters is 2. The normalized spacial score (nSPS) is 12.9. The quantitative estimate of drug-likeness (QED) is 0.0537. The zero-order chi connectivity index (χ0) is 38.1. The van der Waals surface area contributed by atoms with E-state index in [-0.39, 0.29) is 30.2 Å². The summed E-state index contributed by atoms with van der Waals surface area (Å²) >= 11 is 0. The Balaban J connectivity index is 2.40. The Morgan fingerprint density at radius 2 is 1.08 bits per heavy atom. The molecule has 0 aliphatic heterocycles. The second-order valence-electron chi connectivity index (χ2n) is 15.6. The van der Waals surface area contributed by atoms with Crippen LogP contribution in [0.25, 0.3) is 0 Å². The van der Waals surface area contributed by atoms with Crippen molar-refractivity contribution in [1.29, 1.82) is 0 Å². The fourth-order valence-electron chi connectivity index (χ4n) is 7.11. The summed E-state index contributed by atoms with van der Waals surface area (Å²) in [6.45, 7) is 13.5. The number of hydrogen-bond donors (Lipinski definition) is 1. The summed E-state index contributed by atoms with van der Waals surface area (Å²) in [5, 5.41) is 11.0. The smallest absolute Gasteiger partial charge is 0.306 e. The van der Waals surface area contributed by atoms with E-state index in [0.717, 1.165) is 122 Å². The number of carbonyl (C=O) groups excluding carboxylic acids is 2. The van der Waals surface area contributed by atoms with Gasteiger partial charge in [0.1, 0.15) is 12.2 Å². The molecule has 304 valence electrons. The van der Waals surface area contributed by atoms with E-state index in [0.29, 0.717) is 19.4 Å². The molecule has 0 saturated heterocycles. The molecule has 0 amide bonds. The van der Waals surface area contributed by atoms with Gasteiger partial charge < -0.3 is 19.1 Å². The van der Waals surface area contributed by atoms with Gasteiger partial charge in [-0.1, -0.05) is 111 Å². The first kappa shape index (κ1) is 48.1. The number of rotatable bonds is 37. The highest BCUT2D eigenvalue weighted by Gasteiger charge is 2.19. The molecule has 0 aromatic carbocycles. The van der Waals surface area contributed by atoms with Crippen molar-refractivity contribution in [1.82, 2.24) is 14.5 Å². The summed E-state index contributed by atoms with van der Waals surface area (Å²) in [5.74, 6) is -0.0714. The van der Waals surface area contributed by atoms with Crippen LogP contribution in [0.15, 0.2) is 18.7 Å². The van der Waals surface area contributed by atoms with Gasteiger partial charge in [-0.3, -0.25) is 14.5 Å². The number of nitrogens with zero attached hydrogens (tertiary/aromatic N) is 3. The van der Waals surface area contributed by atoms with Gasteiger partial charge in [0.05, 0.1) is 12.4 Å². The lowest BCUT2D eigenvalue weighted by atomic mass is 10.0. The summed E-state index contributed by atoms with van der Waals surface area (Å²) in [6, 6.07) is 0.276. The molecule has 1 aromatic heterocycles. The van der Waals surface area contributed by atoms with Crippen LogP contribution in [-0.2, 0) is 25.6 Å². The lowest BCUT2D eigenvalue weighted by molar-refractivity contribution is -0.151. The van der Waals surface area contributed by atoms with Crippen LogP contribution in [0.1, 0.15) is 208 Å². The fourth-order valence-corrected chi connectivity index (χ4v) is 7.11. The summed E-state index contributed by atoms with van der Waals surface area (Å²) in [6.07, 6.45) is 33.2. The van der Waals surface area contributed by atoms with E-state index in [4.69, 9.17) is 9.47 Å². The third-order valence-corrected chi connectivity index (χ3v) is 10.5. The van der Waals surface area contributed by atoms with Crippen molar-refractivity contribution in [3.05, 3.63) is 18.7 Å². The molecule has 0 saturated carbocycles. The van der Waals surface area contributed by atoms with Crippen molar-refractivity contribution < 1.29 is 24.2 Å². The molecular weight excluding hydrogens is 650 g/mol. The topological polar surface area (TPSA) is 93.9 Å². The van der Waals surface area contributed by atoms with Gasteiger partial charge >= 0.3 is 11.9 Å². The Kier molecular flexibility index (Phi) is 31.1. The SMILES string of the molecule is CCCCCC(CCCCC)OC(=O)CCCCCCCN(CC(O)CCCCCC(=O)OC(CCCCC)CCCCC)C(C)Cn1ccnc1. The lowest BCUT2D eigenvalue weighted by Crippen LogP contribution is -2.41. The van der Waals surface area contributed by atoms with Gasteiger partial charge in [0.15, 0.2) is 0 Å². The zero-order valence-corrected chi connectivity index (χ0v) is 34.7. The lowest BCUT2D eigenvalue weighted by Gasteiger charge is -2.31. The van der Waals surface area contributed by atoms with E-state index in [1.54, 1.807) is 0 Å². The number of imidazole rings is 1. The highest BCUT2D eigenvalue weighted by atomic mass is 16.5. The van der Waals surface area contributed by atoms with Crippen molar-refractivity contribution in [2.75, 3.05) is 13.1 Å². The van der Waals surface area contributed by atoms with Crippen LogP contribution in [0, 0.1) is 0 Å². The standard InChI is InChI=1S/C44H83N3O5/c1-6-10-18-27-41(28-19-11-7-2)51-43(49)31-23-15-14-16-25-34-47(39(5)36-46-35-33-45-38-46)37-40(48)26-22-17-24-32-44(50)52-42(29-20-12-8-3)30-21-13-9-4/h33,35,38-42,48H,6-32,34,36-37H2,1-5H3. The first-order chi connectivity index (χ1) is 25.3. The predicted octanol–water partition coefficient (Wildman–Crippen LogP) is 11.4. The Morgan fingerprint density at radius 1 is 0.635 bits per heavy atom. The second-order valence-corrected chi connectivity index (χ2v) is 15.6. The second kappa shape index (κ2) is 33.6. The van der Waals surface area contributed by atoms with Crippen molar-refractivity contribution >= 4 is 11.9 Å². The minimum absolute atomic E-state index is 0.0179. The summed E-state index contributed by atoms with van der Waals surface area (Å²) in [5.41, 5.74) is 0. The molecular formula is C44H83N3O5.